The number of nitrogens with zero attached hydrogens (tertiary/aromatic N) is 1. The van der Waals surface area contributed by atoms with Crippen molar-refractivity contribution in [3.63, 3.8) is 0 Å². The highest BCUT2D eigenvalue weighted by Crippen LogP contribution is 2.27. The van der Waals surface area contributed by atoms with Crippen LogP contribution in [0.4, 0.5) is 0 Å². The van der Waals surface area contributed by atoms with Gasteiger partial charge in [0.15, 0.2) is 0 Å². The number of hydrogen-bond donors (Lipinski definition) is 1. The fraction of sp³-hybridized carbons (Fsp3) is 0.500. The Morgan fingerprint density at radius 1 is 1.19 bits per heavy atom. The van der Waals surface area contributed by atoms with Crippen LogP contribution in [-0.4, -0.2) is 17.6 Å². The van der Waals surface area contributed by atoms with Crippen molar-refractivity contribution in [1.29, 1.82) is 0 Å². The van der Waals surface area contributed by atoms with Crippen molar-refractivity contribution in [3.05, 3.63) is 36.0 Å². The summed E-state index contributed by atoms with van der Waals surface area (Å²) in [7, 11) is 0. The molecular weight excluding hydrogens is 260 g/mol. The van der Waals surface area contributed by atoms with Crippen LogP contribution in [0, 0.1) is 5.92 Å². The molecule has 0 bridgehead atoms. The lowest BCUT2D eigenvalue weighted by Gasteiger charge is -2.20. The van der Waals surface area contributed by atoms with Gasteiger partial charge in [0.25, 0.3) is 0 Å². The molecule has 0 saturated carbocycles. The molecule has 0 amide bonds. The van der Waals surface area contributed by atoms with Gasteiger partial charge in [0.05, 0.1) is 17.3 Å². The number of pyridine rings is 1. The molecule has 1 heterocycles. The molecule has 21 heavy (non-hydrogen) atoms. The van der Waals surface area contributed by atoms with Gasteiger partial charge in [-0.1, -0.05) is 32.9 Å². The average Bonchev–Trinajstić information content (AvgIpc) is 2.47. The van der Waals surface area contributed by atoms with Crippen LogP contribution in [0.1, 0.15) is 39.8 Å². The Labute approximate surface area is 127 Å². The number of benzene rings is 1. The number of aromatic nitrogens is 1. The largest absolute Gasteiger partial charge is 0.490 e. The zero-order valence-corrected chi connectivity index (χ0v) is 13.5. The highest BCUT2D eigenvalue weighted by Gasteiger charge is 2.12. The number of fused-ring (bicyclic) bond motifs is 1. The van der Waals surface area contributed by atoms with E-state index in [4.69, 9.17) is 9.72 Å². The second-order valence-electron chi connectivity index (χ2n) is 5.87. The highest BCUT2D eigenvalue weighted by atomic mass is 16.5. The van der Waals surface area contributed by atoms with Crippen LogP contribution in [0.15, 0.2) is 30.3 Å². The monoisotopic (exact) mass is 286 g/mol. The minimum Gasteiger partial charge on any atom is -0.490 e. The van der Waals surface area contributed by atoms with E-state index in [2.05, 4.69) is 45.1 Å². The second kappa shape index (κ2) is 7.41. The second-order valence-corrected chi connectivity index (χ2v) is 5.87. The Bertz CT molecular complexity index is 580. The van der Waals surface area contributed by atoms with E-state index in [0.29, 0.717) is 5.92 Å². The van der Waals surface area contributed by atoms with Gasteiger partial charge in [-0.3, -0.25) is 4.98 Å². The van der Waals surface area contributed by atoms with Gasteiger partial charge in [0.1, 0.15) is 5.75 Å². The molecule has 3 nitrogen and oxygen atoms in total. The van der Waals surface area contributed by atoms with Gasteiger partial charge in [0, 0.05) is 18.0 Å². The first kappa shape index (κ1) is 15.8. The Morgan fingerprint density at radius 2 is 1.95 bits per heavy atom. The topological polar surface area (TPSA) is 34.1 Å². The first-order valence-corrected chi connectivity index (χ1v) is 7.87. The van der Waals surface area contributed by atoms with Gasteiger partial charge in [-0.05, 0) is 37.9 Å². The van der Waals surface area contributed by atoms with E-state index >= 15 is 0 Å². The molecule has 0 fully saturated rings. The Morgan fingerprint density at radius 3 is 2.67 bits per heavy atom. The summed E-state index contributed by atoms with van der Waals surface area (Å²) in [6.07, 6.45) is 1.31. The maximum Gasteiger partial charge on any atom is 0.130 e. The molecule has 0 saturated heterocycles. The Kier molecular flexibility index (Phi) is 5.57. The quantitative estimate of drug-likeness (QED) is 0.776. The van der Waals surface area contributed by atoms with Crippen LogP contribution >= 0.6 is 0 Å². The van der Waals surface area contributed by atoms with E-state index in [1.54, 1.807) is 0 Å². The molecule has 2 rings (SSSR count). The lowest BCUT2D eigenvalue weighted by atomic mass is 10.1. The van der Waals surface area contributed by atoms with Crippen LogP contribution in [0.25, 0.3) is 10.9 Å². The van der Waals surface area contributed by atoms with Gasteiger partial charge in [-0.15, -0.1) is 0 Å². The molecule has 0 aliphatic rings. The maximum atomic E-state index is 6.17. The maximum absolute atomic E-state index is 6.17. The first-order valence-electron chi connectivity index (χ1n) is 7.87. The summed E-state index contributed by atoms with van der Waals surface area (Å²) < 4.78 is 6.17. The predicted molar refractivity (Wildman–Crippen MR) is 88.7 cm³/mol. The third kappa shape index (κ3) is 4.18. The standard InChI is InChI=1S/C18H26N2O/c1-5-10-19-12-15-11-18(21-14(4)13(2)3)16-8-6-7-9-17(16)20-15/h6-9,11,13-14,19H,5,10,12H2,1-4H3. The fourth-order valence-electron chi connectivity index (χ4n) is 2.11. The third-order valence-corrected chi connectivity index (χ3v) is 3.72. The predicted octanol–water partition coefficient (Wildman–Crippen LogP) is 4.16. The van der Waals surface area contributed by atoms with Crippen molar-refractivity contribution in [2.24, 2.45) is 5.92 Å². The van der Waals surface area contributed by atoms with E-state index in [1.807, 2.05) is 18.2 Å². The van der Waals surface area contributed by atoms with Crippen LogP contribution in [-0.2, 0) is 6.54 Å². The molecule has 0 aliphatic carbocycles. The highest BCUT2D eigenvalue weighted by molar-refractivity contribution is 5.85. The van der Waals surface area contributed by atoms with E-state index in [1.165, 1.54) is 0 Å². The normalized spacial score (nSPS) is 12.8. The Hall–Kier alpha value is -1.61. The SMILES string of the molecule is CCCNCc1cc(OC(C)C(C)C)c2ccccc2n1. The summed E-state index contributed by atoms with van der Waals surface area (Å²) in [5, 5.41) is 4.49. The van der Waals surface area contributed by atoms with Crippen molar-refractivity contribution in [2.75, 3.05) is 6.54 Å². The van der Waals surface area contributed by atoms with Crippen LogP contribution in [0.3, 0.4) is 0 Å². The molecule has 1 aromatic carbocycles. The number of para-hydroxylation sites is 1. The van der Waals surface area contributed by atoms with Crippen molar-refractivity contribution in [3.8, 4) is 5.75 Å². The van der Waals surface area contributed by atoms with Gasteiger partial charge in [-0.2, -0.15) is 0 Å². The van der Waals surface area contributed by atoms with Crippen LogP contribution < -0.4 is 10.1 Å². The molecule has 1 unspecified atom stereocenters. The molecule has 1 aromatic heterocycles. The summed E-state index contributed by atoms with van der Waals surface area (Å²) in [5.41, 5.74) is 2.03. The molecule has 0 aliphatic heterocycles. The smallest absolute Gasteiger partial charge is 0.130 e. The minimum atomic E-state index is 0.187. The van der Waals surface area contributed by atoms with Crippen LogP contribution in [0.2, 0.25) is 0 Å². The molecule has 3 heteroatoms. The van der Waals surface area contributed by atoms with E-state index in [-0.39, 0.29) is 6.10 Å². The summed E-state index contributed by atoms with van der Waals surface area (Å²) in [5.74, 6) is 1.42. The molecule has 1 atom stereocenters. The van der Waals surface area contributed by atoms with Gasteiger partial charge >= 0.3 is 0 Å². The molecule has 1 N–H and O–H groups in total. The third-order valence-electron chi connectivity index (χ3n) is 3.72. The summed E-state index contributed by atoms with van der Waals surface area (Å²) in [4.78, 5) is 4.72. The minimum absolute atomic E-state index is 0.187. The first-order chi connectivity index (χ1) is 10.1. The van der Waals surface area contributed by atoms with Crippen molar-refractivity contribution in [1.82, 2.24) is 10.3 Å². The van der Waals surface area contributed by atoms with Gasteiger partial charge in [-0.25, -0.2) is 0 Å². The number of ether oxygens (including phenoxy) is 1. The Balaban J connectivity index is 2.31. The zero-order valence-electron chi connectivity index (χ0n) is 13.5. The van der Waals surface area contributed by atoms with Crippen molar-refractivity contribution < 1.29 is 4.74 Å². The van der Waals surface area contributed by atoms with E-state index in [0.717, 1.165) is 41.9 Å². The summed E-state index contributed by atoms with van der Waals surface area (Å²) in [6.45, 7) is 10.4. The van der Waals surface area contributed by atoms with Crippen molar-refractivity contribution >= 4 is 10.9 Å². The van der Waals surface area contributed by atoms with Gasteiger partial charge in [0.2, 0.25) is 0 Å². The van der Waals surface area contributed by atoms with Crippen LogP contribution in [0.5, 0.6) is 5.75 Å². The lowest BCUT2D eigenvalue weighted by Crippen LogP contribution is -2.19. The summed E-state index contributed by atoms with van der Waals surface area (Å²) in [6, 6.07) is 10.3. The lowest BCUT2D eigenvalue weighted by molar-refractivity contribution is 0.172. The molecule has 2 aromatic rings. The molecule has 0 spiro atoms. The van der Waals surface area contributed by atoms with Crippen molar-refractivity contribution in [2.45, 2.75) is 46.8 Å². The number of hydrogen-bond acceptors (Lipinski definition) is 3. The van der Waals surface area contributed by atoms with Gasteiger partial charge < -0.3 is 10.1 Å². The molecule has 114 valence electrons. The fourth-order valence-corrected chi connectivity index (χ4v) is 2.11. The number of rotatable bonds is 7. The van der Waals surface area contributed by atoms with E-state index < -0.39 is 0 Å². The van der Waals surface area contributed by atoms with E-state index in [9.17, 15) is 0 Å². The average molecular weight is 286 g/mol. The molecule has 0 radical (unpaired) electrons. The zero-order chi connectivity index (χ0) is 15.2. The molecular formula is C18H26N2O. The summed E-state index contributed by atoms with van der Waals surface area (Å²) >= 11 is 0. The number of nitrogens with one attached hydrogen (secondary N) is 1.